The lowest BCUT2D eigenvalue weighted by atomic mass is 10.2. The predicted molar refractivity (Wildman–Crippen MR) is 114 cm³/mol. The van der Waals surface area contributed by atoms with Crippen molar-refractivity contribution in [2.24, 2.45) is 5.10 Å². The fourth-order valence-corrected chi connectivity index (χ4v) is 2.81. The quantitative estimate of drug-likeness (QED) is 0.289. The molecular weight excluding hydrogens is 420 g/mol. The SMILES string of the molecule is COc1ccc(Cn2cccc(C(=O)N/N=C\c3cc([N+](=O)[O-])c(O)cc3O)c2=O)cc1. The number of pyridine rings is 1. The fourth-order valence-electron chi connectivity index (χ4n) is 2.81. The highest BCUT2D eigenvalue weighted by atomic mass is 16.6. The molecule has 0 saturated carbocycles. The van der Waals surface area contributed by atoms with Crippen LogP contribution in [0.4, 0.5) is 5.69 Å². The molecule has 0 spiro atoms. The van der Waals surface area contributed by atoms with Crippen LogP contribution in [0.1, 0.15) is 21.5 Å². The van der Waals surface area contributed by atoms with Gasteiger partial charge < -0.3 is 19.5 Å². The van der Waals surface area contributed by atoms with Crippen LogP contribution in [-0.4, -0.2) is 38.9 Å². The molecule has 11 nitrogen and oxygen atoms in total. The van der Waals surface area contributed by atoms with E-state index in [1.165, 1.54) is 10.6 Å². The molecule has 1 amide bonds. The lowest BCUT2D eigenvalue weighted by Crippen LogP contribution is -2.30. The van der Waals surface area contributed by atoms with Gasteiger partial charge in [-0.3, -0.25) is 19.7 Å². The van der Waals surface area contributed by atoms with E-state index in [1.54, 1.807) is 43.6 Å². The molecule has 0 bridgehead atoms. The Kier molecular flexibility index (Phi) is 6.49. The van der Waals surface area contributed by atoms with Gasteiger partial charge in [-0.05, 0) is 29.8 Å². The lowest BCUT2D eigenvalue weighted by molar-refractivity contribution is -0.385. The molecule has 11 heteroatoms. The molecule has 3 rings (SSSR count). The van der Waals surface area contributed by atoms with Crippen LogP contribution in [-0.2, 0) is 6.54 Å². The Hall–Kier alpha value is -4.67. The van der Waals surface area contributed by atoms with Gasteiger partial charge in [-0.1, -0.05) is 12.1 Å². The van der Waals surface area contributed by atoms with Gasteiger partial charge in [0.1, 0.15) is 17.1 Å². The molecule has 3 aromatic rings. The lowest BCUT2D eigenvalue weighted by Gasteiger charge is -2.08. The first-order valence-electron chi connectivity index (χ1n) is 9.16. The minimum absolute atomic E-state index is 0.111. The molecule has 1 heterocycles. The second kappa shape index (κ2) is 9.43. The monoisotopic (exact) mass is 438 g/mol. The number of hydrogen-bond donors (Lipinski definition) is 3. The molecule has 0 aliphatic rings. The van der Waals surface area contributed by atoms with E-state index in [0.29, 0.717) is 5.75 Å². The summed E-state index contributed by atoms with van der Waals surface area (Å²) in [7, 11) is 1.55. The maximum atomic E-state index is 12.7. The molecule has 32 heavy (non-hydrogen) atoms. The first kappa shape index (κ1) is 22.0. The smallest absolute Gasteiger partial charge is 0.311 e. The van der Waals surface area contributed by atoms with Gasteiger partial charge in [0.25, 0.3) is 11.5 Å². The third-order valence-corrected chi connectivity index (χ3v) is 4.47. The standard InChI is InChI=1S/C21H18N4O7/c1-32-15-6-4-13(5-7-15)12-24-8-2-3-16(21(24)29)20(28)23-22-11-14-9-17(25(30)31)19(27)10-18(14)26/h2-11,26-27H,12H2,1H3,(H,23,28)/b22-11-. The number of carbonyl (C=O) groups excluding carboxylic acids is 1. The Bertz CT molecular complexity index is 1250. The Morgan fingerprint density at radius 3 is 2.59 bits per heavy atom. The molecule has 0 saturated heterocycles. The number of carbonyl (C=O) groups is 1. The first-order chi connectivity index (χ1) is 15.3. The third-order valence-electron chi connectivity index (χ3n) is 4.47. The van der Waals surface area contributed by atoms with E-state index in [2.05, 4.69) is 10.5 Å². The van der Waals surface area contributed by atoms with Crippen molar-refractivity contribution in [2.75, 3.05) is 7.11 Å². The average molecular weight is 438 g/mol. The Balaban J connectivity index is 1.76. The zero-order valence-electron chi connectivity index (χ0n) is 16.8. The van der Waals surface area contributed by atoms with E-state index in [9.17, 15) is 29.9 Å². The summed E-state index contributed by atoms with van der Waals surface area (Å²) < 4.78 is 6.46. The molecule has 0 unspecified atom stereocenters. The van der Waals surface area contributed by atoms with Crippen molar-refractivity contribution in [1.82, 2.24) is 9.99 Å². The van der Waals surface area contributed by atoms with Crippen molar-refractivity contribution in [3.8, 4) is 17.2 Å². The number of methoxy groups -OCH3 is 1. The molecule has 164 valence electrons. The summed E-state index contributed by atoms with van der Waals surface area (Å²) in [5.74, 6) is -1.32. The molecule has 1 aromatic heterocycles. The number of aromatic nitrogens is 1. The zero-order valence-corrected chi connectivity index (χ0v) is 16.8. The summed E-state index contributed by atoms with van der Waals surface area (Å²) in [6.45, 7) is 0.234. The van der Waals surface area contributed by atoms with Gasteiger partial charge in [-0.2, -0.15) is 5.10 Å². The number of amides is 1. The molecule has 0 atom stereocenters. The average Bonchev–Trinajstić information content (AvgIpc) is 2.76. The molecule has 0 radical (unpaired) electrons. The predicted octanol–water partition coefficient (Wildman–Crippen LogP) is 1.99. The number of phenols is 2. The van der Waals surface area contributed by atoms with Gasteiger partial charge in [0.15, 0.2) is 5.75 Å². The Morgan fingerprint density at radius 1 is 1.22 bits per heavy atom. The highest BCUT2D eigenvalue weighted by Gasteiger charge is 2.17. The van der Waals surface area contributed by atoms with E-state index in [1.807, 2.05) is 0 Å². The minimum atomic E-state index is -0.833. The van der Waals surface area contributed by atoms with E-state index in [4.69, 9.17) is 4.74 Å². The number of phenolic OH excluding ortho intramolecular Hbond substituents is 2. The molecule has 0 fully saturated rings. The molecule has 0 aliphatic carbocycles. The van der Waals surface area contributed by atoms with Crippen LogP contribution in [0.15, 0.2) is 64.6 Å². The second-order valence-corrected chi connectivity index (χ2v) is 6.56. The third kappa shape index (κ3) is 4.90. The van der Waals surface area contributed by atoms with Crippen molar-refractivity contribution in [1.29, 1.82) is 0 Å². The number of hydrogen-bond acceptors (Lipinski definition) is 8. The van der Waals surface area contributed by atoms with E-state index in [-0.39, 0.29) is 17.7 Å². The van der Waals surface area contributed by atoms with Gasteiger partial charge in [0.2, 0.25) is 0 Å². The summed E-state index contributed by atoms with van der Waals surface area (Å²) >= 11 is 0. The van der Waals surface area contributed by atoms with Crippen molar-refractivity contribution in [2.45, 2.75) is 6.54 Å². The molecular formula is C21H18N4O7. The van der Waals surface area contributed by atoms with E-state index < -0.39 is 33.6 Å². The van der Waals surface area contributed by atoms with Gasteiger partial charge in [-0.15, -0.1) is 0 Å². The van der Waals surface area contributed by atoms with Gasteiger partial charge >= 0.3 is 5.69 Å². The van der Waals surface area contributed by atoms with Crippen LogP contribution in [0.25, 0.3) is 0 Å². The maximum absolute atomic E-state index is 12.7. The number of nitrogens with one attached hydrogen (secondary N) is 1. The summed E-state index contributed by atoms with van der Waals surface area (Å²) in [6, 6.07) is 11.7. The Labute approximate surface area is 181 Å². The fraction of sp³-hybridized carbons (Fsp3) is 0.0952. The highest BCUT2D eigenvalue weighted by molar-refractivity contribution is 5.95. The van der Waals surface area contributed by atoms with Gasteiger partial charge in [0, 0.05) is 23.9 Å². The molecule has 0 aliphatic heterocycles. The number of aromatic hydroxyl groups is 2. The second-order valence-electron chi connectivity index (χ2n) is 6.56. The summed E-state index contributed by atoms with van der Waals surface area (Å²) in [4.78, 5) is 35.1. The van der Waals surface area contributed by atoms with Crippen LogP contribution in [0, 0.1) is 10.1 Å². The number of ether oxygens (including phenoxy) is 1. The summed E-state index contributed by atoms with van der Waals surface area (Å²) in [6.07, 6.45) is 2.50. The van der Waals surface area contributed by atoms with Crippen molar-refractivity contribution < 1.29 is 24.7 Å². The topological polar surface area (TPSA) is 156 Å². The van der Waals surface area contributed by atoms with Gasteiger partial charge in [0.05, 0.1) is 24.8 Å². The molecule has 3 N–H and O–H groups in total. The largest absolute Gasteiger partial charge is 0.507 e. The Morgan fingerprint density at radius 2 is 1.94 bits per heavy atom. The van der Waals surface area contributed by atoms with Crippen LogP contribution in [0.2, 0.25) is 0 Å². The number of nitro groups is 1. The van der Waals surface area contributed by atoms with E-state index >= 15 is 0 Å². The van der Waals surface area contributed by atoms with Crippen molar-refractivity contribution >= 4 is 17.8 Å². The first-order valence-corrected chi connectivity index (χ1v) is 9.16. The van der Waals surface area contributed by atoms with Crippen molar-refractivity contribution in [3.63, 3.8) is 0 Å². The number of rotatable bonds is 7. The van der Waals surface area contributed by atoms with Crippen LogP contribution < -0.4 is 15.7 Å². The summed E-state index contributed by atoms with van der Waals surface area (Å²) in [5, 5.41) is 33.8. The molecule has 2 aromatic carbocycles. The zero-order chi connectivity index (χ0) is 23.3. The number of nitro benzene ring substituents is 1. The number of hydrazone groups is 1. The van der Waals surface area contributed by atoms with Crippen LogP contribution >= 0.6 is 0 Å². The maximum Gasteiger partial charge on any atom is 0.311 e. The normalized spacial score (nSPS) is 10.8. The van der Waals surface area contributed by atoms with Gasteiger partial charge in [-0.25, -0.2) is 5.43 Å². The van der Waals surface area contributed by atoms with Crippen molar-refractivity contribution in [3.05, 3.63) is 91.9 Å². The summed E-state index contributed by atoms with van der Waals surface area (Å²) in [5.41, 5.74) is 1.51. The van der Waals surface area contributed by atoms with Crippen LogP contribution in [0.3, 0.4) is 0 Å². The minimum Gasteiger partial charge on any atom is -0.507 e. The highest BCUT2D eigenvalue weighted by Crippen LogP contribution is 2.31. The van der Waals surface area contributed by atoms with Crippen LogP contribution in [0.5, 0.6) is 17.2 Å². The van der Waals surface area contributed by atoms with E-state index in [0.717, 1.165) is 23.9 Å². The number of benzene rings is 2. The number of nitrogens with zero attached hydrogens (tertiary/aromatic N) is 3.